The minimum atomic E-state index is -0.167. The molecular formula is C13H11NS. The van der Waals surface area contributed by atoms with Crippen LogP contribution in [0.25, 0.3) is 10.1 Å². The monoisotopic (exact) mass is 213 g/mol. The molecule has 15 heavy (non-hydrogen) atoms. The van der Waals surface area contributed by atoms with Gasteiger partial charge in [-0.15, -0.1) is 11.3 Å². The number of benzene rings is 1. The molecule has 0 aliphatic heterocycles. The standard InChI is InChI=1S/C13H11NS/c14-9-13(6-3-7-13)11-8-15-12-5-2-1-4-10(11)12/h1-2,4-5,8H,3,6-7H2. The van der Waals surface area contributed by atoms with E-state index in [1.807, 2.05) is 0 Å². The average Bonchev–Trinajstić information content (AvgIpc) is 2.62. The summed E-state index contributed by atoms with van der Waals surface area (Å²) < 4.78 is 1.30. The molecule has 1 aromatic carbocycles. The topological polar surface area (TPSA) is 23.8 Å². The second kappa shape index (κ2) is 3.08. The predicted octanol–water partition coefficient (Wildman–Crippen LogP) is 3.85. The highest BCUT2D eigenvalue weighted by molar-refractivity contribution is 7.17. The molecular weight excluding hydrogens is 202 g/mol. The lowest BCUT2D eigenvalue weighted by molar-refractivity contribution is 0.327. The van der Waals surface area contributed by atoms with Crippen molar-refractivity contribution in [2.75, 3.05) is 0 Å². The lowest BCUT2D eigenvalue weighted by atomic mass is 9.65. The first-order valence-electron chi connectivity index (χ1n) is 5.24. The quantitative estimate of drug-likeness (QED) is 0.706. The molecule has 1 aromatic heterocycles. The zero-order valence-electron chi connectivity index (χ0n) is 8.36. The van der Waals surface area contributed by atoms with Crippen LogP contribution in [0.15, 0.2) is 29.6 Å². The molecule has 1 heterocycles. The van der Waals surface area contributed by atoms with Gasteiger partial charge in [0.1, 0.15) is 0 Å². The van der Waals surface area contributed by atoms with Crippen LogP contribution in [0.3, 0.4) is 0 Å². The Morgan fingerprint density at radius 1 is 1.27 bits per heavy atom. The Morgan fingerprint density at radius 2 is 2.07 bits per heavy atom. The van der Waals surface area contributed by atoms with Crippen molar-refractivity contribution in [3.05, 3.63) is 35.2 Å². The molecule has 1 aliphatic carbocycles. The van der Waals surface area contributed by atoms with Crippen LogP contribution >= 0.6 is 11.3 Å². The fraction of sp³-hybridized carbons (Fsp3) is 0.308. The Bertz CT molecular complexity index is 543. The van der Waals surface area contributed by atoms with E-state index in [1.54, 1.807) is 11.3 Å². The summed E-state index contributed by atoms with van der Waals surface area (Å²) in [6.07, 6.45) is 3.26. The SMILES string of the molecule is N#CC1(c2csc3ccccc23)CCC1. The van der Waals surface area contributed by atoms with Gasteiger partial charge in [0.15, 0.2) is 0 Å². The number of hydrogen-bond acceptors (Lipinski definition) is 2. The van der Waals surface area contributed by atoms with Gasteiger partial charge in [-0.25, -0.2) is 0 Å². The summed E-state index contributed by atoms with van der Waals surface area (Å²) in [6, 6.07) is 10.9. The molecule has 2 heteroatoms. The molecule has 0 saturated heterocycles. The Labute approximate surface area is 93.0 Å². The van der Waals surface area contributed by atoms with E-state index in [0.29, 0.717) is 0 Å². The van der Waals surface area contributed by atoms with Gasteiger partial charge in [0.25, 0.3) is 0 Å². The molecule has 1 saturated carbocycles. The van der Waals surface area contributed by atoms with Crippen LogP contribution in [0.5, 0.6) is 0 Å². The van der Waals surface area contributed by atoms with E-state index in [9.17, 15) is 5.26 Å². The van der Waals surface area contributed by atoms with Crippen LogP contribution in [0.4, 0.5) is 0 Å². The molecule has 1 nitrogen and oxygen atoms in total. The molecule has 3 rings (SSSR count). The van der Waals surface area contributed by atoms with Crippen LogP contribution in [0.2, 0.25) is 0 Å². The maximum Gasteiger partial charge on any atom is 0.0836 e. The highest BCUT2D eigenvalue weighted by Gasteiger charge is 2.40. The summed E-state index contributed by atoms with van der Waals surface area (Å²) >= 11 is 1.75. The number of hydrogen-bond donors (Lipinski definition) is 0. The molecule has 74 valence electrons. The first-order chi connectivity index (χ1) is 7.36. The van der Waals surface area contributed by atoms with Gasteiger partial charge in [-0.05, 0) is 41.7 Å². The molecule has 1 fully saturated rings. The second-order valence-corrected chi connectivity index (χ2v) is 5.10. The van der Waals surface area contributed by atoms with E-state index in [0.717, 1.165) is 12.8 Å². The van der Waals surface area contributed by atoms with E-state index in [4.69, 9.17) is 0 Å². The molecule has 0 radical (unpaired) electrons. The van der Waals surface area contributed by atoms with Crippen LogP contribution in [-0.4, -0.2) is 0 Å². The fourth-order valence-electron chi connectivity index (χ4n) is 2.32. The van der Waals surface area contributed by atoms with E-state index in [1.165, 1.54) is 22.1 Å². The van der Waals surface area contributed by atoms with Gasteiger partial charge < -0.3 is 0 Å². The predicted molar refractivity (Wildman–Crippen MR) is 63.0 cm³/mol. The lowest BCUT2D eigenvalue weighted by Crippen LogP contribution is -2.31. The van der Waals surface area contributed by atoms with Crippen molar-refractivity contribution in [2.45, 2.75) is 24.7 Å². The summed E-state index contributed by atoms with van der Waals surface area (Å²) in [4.78, 5) is 0. The number of rotatable bonds is 1. The summed E-state index contributed by atoms with van der Waals surface area (Å²) in [7, 11) is 0. The molecule has 0 spiro atoms. The Balaban J connectivity index is 2.24. The van der Waals surface area contributed by atoms with Gasteiger partial charge in [0.2, 0.25) is 0 Å². The Morgan fingerprint density at radius 3 is 2.73 bits per heavy atom. The van der Waals surface area contributed by atoms with Gasteiger partial charge in [-0.3, -0.25) is 0 Å². The molecule has 2 aromatic rings. The molecule has 0 unspecified atom stereocenters. The molecule has 0 atom stereocenters. The van der Waals surface area contributed by atoms with Crippen molar-refractivity contribution < 1.29 is 0 Å². The first kappa shape index (κ1) is 8.94. The van der Waals surface area contributed by atoms with Crippen molar-refractivity contribution in [2.24, 2.45) is 0 Å². The third kappa shape index (κ3) is 1.13. The van der Waals surface area contributed by atoms with Crippen LogP contribution < -0.4 is 0 Å². The smallest absolute Gasteiger partial charge is 0.0836 e. The minimum Gasteiger partial charge on any atom is -0.197 e. The average molecular weight is 213 g/mol. The van der Waals surface area contributed by atoms with E-state index < -0.39 is 0 Å². The van der Waals surface area contributed by atoms with Gasteiger partial charge in [0.05, 0.1) is 11.5 Å². The fourth-order valence-corrected chi connectivity index (χ4v) is 3.38. The van der Waals surface area contributed by atoms with E-state index >= 15 is 0 Å². The maximum absolute atomic E-state index is 9.32. The molecule has 0 N–H and O–H groups in total. The third-order valence-electron chi connectivity index (χ3n) is 3.42. The summed E-state index contributed by atoms with van der Waals surface area (Å²) in [5.74, 6) is 0. The van der Waals surface area contributed by atoms with Gasteiger partial charge in [-0.1, -0.05) is 18.2 Å². The summed E-state index contributed by atoms with van der Waals surface area (Å²) in [5.41, 5.74) is 1.09. The number of thiophene rings is 1. The number of nitriles is 1. The second-order valence-electron chi connectivity index (χ2n) is 4.19. The van der Waals surface area contributed by atoms with Gasteiger partial charge >= 0.3 is 0 Å². The third-order valence-corrected chi connectivity index (χ3v) is 4.38. The lowest BCUT2D eigenvalue weighted by Gasteiger charge is -2.35. The zero-order valence-corrected chi connectivity index (χ0v) is 9.18. The maximum atomic E-state index is 9.32. The van der Waals surface area contributed by atoms with Crippen LogP contribution in [0, 0.1) is 11.3 Å². The zero-order chi connectivity index (χ0) is 10.3. The molecule has 1 aliphatic rings. The van der Waals surface area contributed by atoms with Crippen molar-refractivity contribution in [3.63, 3.8) is 0 Å². The van der Waals surface area contributed by atoms with Crippen LogP contribution in [0.1, 0.15) is 24.8 Å². The van der Waals surface area contributed by atoms with Gasteiger partial charge in [-0.2, -0.15) is 5.26 Å². The minimum absolute atomic E-state index is 0.167. The van der Waals surface area contributed by atoms with Crippen molar-refractivity contribution in [3.8, 4) is 6.07 Å². The Hall–Kier alpha value is -1.33. The van der Waals surface area contributed by atoms with Gasteiger partial charge in [0, 0.05) is 4.70 Å². The molecule has 0 bridgehead atoms. The largest absolute Gasteiger partial charge is 0.197 e. The van der Waals surface area contributed by atoms with Crippen LogP contribution in [-0.2, 0) is 5.41 Å². The highest BCUT2D eigenvalue weighted by atomic mass is 32.1. The summed E-state index contributed by atoms with van der Waals surface area (Å²) in [5, 5.41) is 12.8. The molecule has 0 amide bonds. The number of nitrogens with zero attached hydrogens (tertiary/aromatic N) is 1. The first-order valence-corrected chi connectivity index (χ1v) is 6.12. The van der Waals surface area contributed by atoms with Crippen molar-refractivity contribution in [1.29, 1.82) is 5.26 Å². The van der Waals surface area contributed by atoms with E-state index in [-0.39, 0.29) is 5.41 Å². The van der Waals surface area contributed by atoms with Crippen molar-refractivity contribution in [1.82, 2.24) is 0 Å². The van der Waals surface area contributed by atoms with E-state index in [2.05, 4.69) is 35.7 Å². The number of fused-ring (bicyclic) bond motifs is 1. The highest BCUT2D eigenvalue weighted by Crippen LogP contribution is 2.47. The summed E-state index contributed by atoms with van der Waals surface area (Å²) in [6.45, 7) is 0. The normalized spacial score (nSPS) is 18.3. The Kier molecular flexibility index (Phi) is 1.83. The van der Waals surface area contributed by atoms with Crippen molar-refractivity contribution >= 4 is 21.4 Å².